The first-order valence-corrected chi connectivity index (χ1v) is 11.8. The third kappa shape index (κ3) is 5.64. The first kappa shape index (κ1) is 22.4. The quantitative estimate of drug-likeness (QED) is 0.539. The first-order chi connectivity index (χ1) is 14.8. The second kappa shape index (κ2) is 9.66. The van der Waals surface area contributed by atoms with E-state index in [-0.39, 0.29) is 0 Å². The number of nitrogens with zero attached hydrogens (tertiary/aromatic N) is 1. The fourth-order valence-corrected chi connectivity index (χ4v) is 4.45. The van der Waals surface area contributed by atoms with Crippen LogP contribution in [0.1, 0.15) is 18.9 Å². The number of sulfonamides is 1. The summed E-state index contributed by atoms with van der Waals surface area (Å²) in [6.07, 6.45) is 1.41. The Labute approximate surface area is 183 Å². The molecule has 0 saturated heterocycles. The number of carbonyl (C=O) groups excluding carboxylic acids is 1. The minimum atomic E-state index is -3.70. The van der Waals surface area contributed by atoms with E-state index in [9.17, 15) is 13.2 Å². The molecule has 0 aliphatic carbocycles. The molecule has 1 N–H and O–H groups in total. The van der Waals surface area contributed by atoms with Gasteiger partial charge >= 0.3 is 0 Å². The molecule has 3 aromatic rings. The van der Waals surface area contributed by atoms with Gasteiger partial charge in [-0.2, -0.15) is 0 Å². The summed E-state index contributed by atoms with van der Waals surface area (Å²) < 4.78 is 32.3. The topological polar surface area (TPSA) is 75.7 Å². The van der Waals surface area contributed by atoms with Gasteiger partial charge in [0.1, 0.15) is 11.8 Å². The van der Waals surface area contributed by atoms with Gasteiger partial charge in [-0.25, -0.2) is 8.42 Å². The van der Waals surface area contributed by atoms with Crippen molar-refractivity contribution in [2.75, 3.05) is 15.9 Å². The number of carbonyl (C=O) groups is 1. The molecule has 1 atom stereocenters. The van der Waals surface area contributed by atoms with E-state index in [0.29, 0.717) is 29.3 Å². The second-order valence-corrected chi connectivity index (χ2v) is 9.08. The molecule has 0 fully saturated rings. The van der Waals surface area contributed by atoms with Gasteiger partial charge < -0.3 is 10.1 Å². The Morgan fingerprint density at radius 1 is 0.968 bits per heavy atom. The molecular weight excluding hydrogens is 412 g/mol. The normalized spacial score (nSPS) is 12.1. The molecule has 3 rings (SSSR count). The van der Waals surface area contributed by atoms with E-state index >= 15 is 0 Å². The van der Waals surface area contributed by atoms with E-state index in [1.165, 1.54) is 4.31 Å². The molecule has 0 spiro atoms. The maximum atomic E-state index is 13.2. The largest absolute Gasteiger partial charge is 0.455 e. The molecule has 1 amide bonds. The van der Waals surface area contributed by atoms with Crippen LogP contribution in [0.4, 0.5) is 11.4 Å². The van der Waals surface area contributed by atoms with Crippen LogP contribution in [0.3, 0.4) is 0 Å². The van der Waals surface area contributed by atoms with Crippen molar-refractivity contribution >= 4 is 27.3 Å². The molecular formula is C24H26N2O4S. The Kier molecular flexibility index (Phi) is 6.97. The molecule has 31 heavy (non-hydrogen) atoms. The minimum Gasteiger partial charge on any atom is -0.455 e. The summed E-state index contributed by atoms with van der Waals surface area (Å²) in [6.45, 7) is 3.70. The van der Waals surface area contributed by atoms with E-state index in [4.69, 9.17) is 4.74 Å². The Hall–Kier alpha value is -3.32. The van der Waals surface area contributed by atoms with Crippen molar-refractivity contribution < 1.29 is 17.9 Å². The number of hydrogen-bond acceptors (Lipinski definition) is 4. The number of nitrogens with one attached hydrogen (secondary N) is 1. The molecule has 0 aliphatic heterocycles. The molecule has 0 unspecified atom stereocenters. The van der Waals surface area contributed by atoms with E-state index in [1.807, 2.05) is 49.4 Å². The highest BCUT2D eigenvalue weighted by molar-refractivity contribution is 7.92. The average Bonchev–Trinajstić information content (AvgIpc) is 2.74. The zero-order chi connectivity index (χ0) is 22.4. The Balaban J connectivity index is 1.89. The van der Waals surface area contributed by atoms with Crippen molar-refractivity contribution in [3.8, 4) is 11.5 Å². The minimum absolute atomic E-state index is 0.300. The predicted octanol–water partition coefficient (Wildman–Crippen LogP) is 4.97. The molecule has 3 aromatic carbocycles. The van der Waals surface area contributed by atoms with Gasteiger partial charge in [-0.3, -0.25) is 9.10 Å². The highest BCUT2D eigenvalue weighted by Crippen LogP contribution is 2.30. The molecule has 0 heterocycles. The third-order valence-electron chi connectivity index (χ3n) is 4.73. The fourth-order valence-electron chi connectivity index (χ4n) is 3.24. The Bertz CT molecular complexity index is 1130. The number of para-hydroxylation sites is 3. The Morgan fingerprint density at radius 3 is 2.19 bits per heavy atom. The molecule has 0 saturated carbocycles. The average molecular weight is 439 g/mol. The maximum Gasteiger partial charge on any atom is 0.248 e. The van der Waals surface area contributed by atoms with Gasteiger partial charge in [-0.15, -0.1) is 0 Å². The lowest BCUT2D eigenvalue weighted by molar-refractivity contribution is -0.117. The van der Waals surface area contributed by atoms with Crippen molar-refractivity contribution in [3.63, 3.8) is 0 Å². The summed E-state index contributed by atoms with van der Waals surface area (Å²) in [4.78, 5) is 13.2. The Morgan fingerprint density at radius 2 is 1.58 bits per heavy atom. The summed E-state index contributed by atoms with van der Waals surface area (Å²) in [5, 5.41) is 2.85. The number of aryl methyl sites for hydroxylation is 1. The van der Waals surface area contributed by atoms with Crippen molar-refractivity contribution in [2.24, 2.45) is 0 Å². The molecule has 0 bridgehead atoms. The number of amides is 1. The van der Waals surface area contributed by atoms with Crippen LogP contribution in [0.25, 0.3) is 0 Å². The van der Waals surface area contributed by atoms with Gasteiger partial charge in [-0.05, 0) is 49.7 Å². The summed E-state index contributed by atoms with van der Waals surface area (Å²) in [7, 11) is -3.70. The smallest absolute Gasteiger partial charge is 0.248 e. The predicted molar refractivity (Wildman–Crippen MR) is 124 cm³/mol. The van der Waals surface area contributed by atoms with Crippen molar-refractivity contribution in [3.05, 3.63) is 84.4 Å². The lowest BCUT2D eigenvalue weighted by Gasteiger charge is -2.30. The summed E-state index contributed by atoms with van der Waals surface area (Å²) in [5.41, 5.74) is 1.91. The summed E-state index contributed by atoms with van der Waals surface area (Å²) in [6, 6.07) is 22.4. The number of ether oxygens (including phenoxy) is 1. The van der Waals surface area contributed by atoms with Crippen LogP contribution >= 0.6 is 0 Å². The highest BCUT2D eigenvalue weighted by atomic mass is 32.2. The van der Waals surface area contributed by atoms with Crippen LogP contribution in [0.2, 0.25) is 0 Å². The van der Waals surface area contributed by atoms with Crippen LogP contribution in [0.5, 0.6) is 11.5 Å². The van der Waals surface area contributed by atoms with E-state index in [0.717, 1.165) is 11.8 Å². The highest BCUT2D eigenvalue weighted by Gasteiger charge is 2.31. The molecule has 0 aliphatic rings. The lowest BCUT2D eigenvalue weighted by Crippen LogP contribution is -2.47. The van der Waals surface area contributed by atoms with E-state index in [2.05, 4.69) is 5.32 Å². The van der Waals surface area contributed by atoms with E-state index < -0.39 is 22.0 Å². The second-order valence-electron chi connectivity index (χ2n) is 7.22. The van der Waals surface area contributed by atoms with Gasteiger partial charge in [0.2, 0.25) is 15.9 Å². The van der Waals surface area contributed by atoms with Gasteiger partial charge in [0.15, 0.2) is 5.75 Å². The summed E-state index contributed by atoms with van der Waals surface area (Å²) in [5.74, 6) is 0.671. The first-order valence-electron chi connectivity index (χ1n) is 9.98. The zero-order valence-corrected chi connectivity index (χ0v) is 18.6. The third-order valence-corrected chi connectivity index (χ3v) is 5.91. The molecule has 162 valence electrons. The summed E-state index contributed by atoms with van der Waals surface area (Å²) >= 11 is 0. The molecule has 7 heteroatoms. The van der Waals surface area contributed by atoms with Crippen molar-refractivity contribution in [1.82, 2.24) is 0 Å². The van der Waals surface area contributed by atoms with Gasteiger partial charge in [0.25, 0.3) is 0 Å². The number of rotatable bonds is 8. The SMILES string of the molecule is CC[C@@H](C(=O)Nc1ccccc1Oc1ccccc1)N(c1ccc(C)cc1)S(C)(=O)=O. The zero-order valence-electron chi connectivity index (χ0n) is 17.8. The lowest BCUT2D eigenvalue weighted by atomic mass is 10.1. The monoisotopic (exact) mass is 438 g/mol. The van der Waals surface area contributed by atoms with Crippen molar-refractivity contribution in [2.45, 2.75) is 26.3 Å². The van der Waals surface area contributed by atoms with Crippen molar-refractivity contribution in [1.29, 1.82) is 0 Å². The molecule has 0 radical (unpaired) electrons. The van der Waals surface area contributed by atoms with Crippen LogP contribution in [0.15, 0.2) is 78.9 Å². The van der Waals surface area contributed by atoms with E-state index in [1.54, 1.807) is 43.3 Å². The maximum absolute atomic E-state index is 13.2. The molecule has 0 aromatic heterocycles. The van der Waals surface area contributed by atoms with Gasteiger partial charge in [-0.1, -0.05) is 55.0 Å². The number of benzene rings is 3. The molecule has 6 nitrogen and oxygen atoms in total. The van der Waals surface area contributed by atoms with Crippen LogP contribution in [0, 0.1) is 6.92 Å². The fraction of sp³-hybridized carbons (Fsp3) is 0.208. The van der Waals surface area contributed by atoms with Crippen LogP contribution in [-0.4, -0.2) is 26.6 Å². The standard InChI is InChI=1S/C24H26N2O4S/c1-4-22(26(31(3,28)29)19-16-14-18(2)15-17-19)24(27)25-21-12-8-9-13-23(21)30-20-10-6-5-7-11-20/h5-17,22H,4H2,1-3H3,(H,25,27)/t22-/m0/s1. The number of hydrogen-bond donors (Lipinski definition) is 1. The van der Waals surface area contributed by atoms with Crippen LogP contribution < -0.4 is 14.4 Å². The van der Waals surface area contributed by atoms with Gasteiger partial charge in [0.05, 0.1) is 17.6 Å². The van der Waals surface area contributed by atoms with Gasteiger partial charge in [0, 0.05) is 0 Å². The number of anilines is 2. The van der Waals surface area contributed by atoms with Crippen LogP contribution in [-0.2, 0) is 14.8 Å².